The molecule has 0 aliphatic rings. The van der Waals surface area contributed by atoms with Crippen molar-refractivity contribution < 1.29 is 17.6 Å². The summed E-state index contributed by atoms with van der Waals surface area (Å²) in [4.78, 5) is 12.6. The van der Waals surface area contributed by atoms with Crippen LogP contribution in [0.2, 0.25) is 5.02 Å². The second kappa shape index (κ2) is 9.14. The third-order valence-corrected chi connectivity index (χ3v) is 7.19. The fraction of sp³-hybridized carbons (Fsp3) is 0.125. The van der Waals surface area contributed by atoms with E-state index in [1.165, 1.54) is 24.4 Å². The van der Waals surface area contributed by atoms with E-state index in [2.05, 4.69) is 5.32 Å². The Labute approximate surface area is 190 Å². The molecule has 0 bridgehead atoms. The van der Waals surface area contributed by atoms with Gasteiger partial charge in [-0.3, -0.25) is 4.79 Å². The molecule has 0 atom stereocenters. The van der Waals surface area contributed by atoms with E-state index in [-0.39, 0.29) is 29.5 Å². The van der Waals surface area contributed by atoms with Crippen molar-refractivity contribution in [1.29, 1.82) is 0 Å². The van der Waals surface area contributed by atoms with Crippen LogP contribution in [0.25, 0.3) is 10.9 Å². The minimum atomic E-state index is -3.85. The number of nitrogens with one attached hydrogen (secondary N) is 1. The van der Waals surface area contributed by atoms with Gasteiger partial charge in [-0.2, -0.15) is 0 Å². The first-order valence-electron chi connectivity index (χ1n) is 9.89. The molecule has 0 aliphatic heterocycles. The van der Waals surface area contributed by atoms with E-state index in [0.717, 1.165) is 5.56 Å². The number of hydrogen-bond donors (Lipinski definition) is 1. The molecular weight excluding hydrogens is 451 g/mol. The highest BCUT2D eigenvalue weighted by atomic mass is 35.5. The van der Waals surface area contributed by atoms with Gasteiger partial charge in [0, 0.05) is 34.2 Å². The SMILES string of the molecule is O=C(Cn1cc(S(=O)(=O)Cc2ccccc2F)c2ccccc21)NCc1ccccc1Cl. The van der Waals surface area contributed by atoms with Crippen LogP contribution in [-0.2, 0) is 33.5 Å². The van der Waals surface area contributed by atoms with Gasteiger partial charge in [0.2, 0.25) is 5.91 Å². The number of para-hydroxylation sites is 1. The van der Waals surface area contributed by atoms with Crippen molar-refractivity contribution >= 4 is 38.2 Å². The number of nitrogens with zero attached hydrogens (tertiary/aromatic N) is 1. The minimum absolute atomic E-state index is 0.0651. The summed E-state index contributed by atoms with van der Waals surface area (Å²) in [6.07, 6.45) is 1.44. The molecule has 4 aromatic rings. The van der Waals surface area contributed by atoms with Gasteiger partial charge in [0.05, 0.1) is 10.6 Å². The van der Waals surface area contributed by atoms with Gasteiger partial charge < -0.3 is 9.88 Å². The highest BCUT2D eigenvalue weighted by molar-refractivity contribution is 7.90. The molecule has 1 aromatic heterocycles. The third kappa shape index (κ3) is 4.69. The number of amides is 1. The molecule has 32 heavy (non-hydrogen) atoms. The number of carbonyl (C=O) groups is 1. The van der Waals surface area contributed by atoms with E-state index in [4.69, 9.17) is 11.6 Å². The van der Waals surface area contributed by atoms with Crippen molar-refractivity contribution in [3.63, 3.8) is 0 Å². The average Bonchev–Trinajstić information content (AvgIpc) is 3.14. The van der Waals surface area contributed by atoms with Crippen LogP contribution in [0.3, 0.4) is 0 Å². The summed E-state index contributed by atoms with van der Waals surface area (Å²) in [6.45, 7) is 0.191. The summed E-state index contributed by atoms with van der Waals surface area (Å²) >= 11 is 6.13. The number of aromatic nitrogens is 1. The van der Waals surface area contributed by atoms with Crippen LogP contribution < -0.4 is 5.32 Å². The Bertz CT molecular complexity index is 1400. The van der Waals surface area contributed by atoms with E-state index in [0.29, 0.717) is 15.9 Å². The van der Waals surface area contributed by atoms with E-state index >= 15 is 0 Å². The fourth-order valence-corrected chi connectivity index (χ4v) is 5.33. The van der Waals surface area contributed by atoms with Crippen molar-refractivity contribution in [1.82, 2.24) is 9.88 Å². The summed E-state index contributed by atoms with van der Waals surface area (Å²) in [6, 6.07) is 19.9. The molecule has 3 aromatic carbocycles. The highest BCUT2D eigenvalue weighted by Gasteiger charge is 2.23. The Morgan fingerprint density at radius 2 is 1.59 bits per heavy atom. The van der Waals surface area contributed by atoms with Crippen LogP contribution in [0.4, 0.5) is 4.39 Å². The number of sulfone groups is 1. The number of carbonyl (C=O) groups excluding carboxylic acids is 1. The Morgan fingerprint density at radius 1 is 0.938 bits per heavy atom. The maximum atomic E-state index is 14.0. The Morgan fingerprint density at radius 3 is 2.34 bits per heavy atom. The highest BCUT2D eigenvalue weighted by Crippen LogP contribution is 2.28. The molecule has 0 aliphatic carbocycles. The van der Waals surface area contributed by atoms with Gasteiger partial charge in [-0.05, 0) is 23.8 Å². The third-order valence-electron chi connectivity index (χ3n) is 5.14. The van der Waals surface area contributed by atoms with Gasteiger partial charge in [-0.25, -0.2) is 12.8 Å². The monoisotopic (exact) mass is 470 g/mol. The molecule has 1 heterocycles. The summed E-state index contributed by atoms with van der Waals surface area (Å²) in [5, 5.41) is 3.85. The van der Waals surface area contributed by atoms with Gasteiger partial charge in [0.15, 0.2) is 9.84 Å². The molecule has 1 amide bonds. The largest absolute Gasteiger partial charge is 0.350 e. The Kier molecular flexibility index (Phi) is 6.30. The van der Waals surface area contributed by atoms with E-state index in [1.54, 1.807) is 41.0 Å². The van der Waals surface area contributed by atoms with Gasteiger partial charge in [0.25, 0.3) is 0 Å². The van der Waals surface area contributed by atoms with Gasteiger partial charge in [-0.1, -0.05) is 66.2 Å². The zero-order valence-corrected chi connectivity index (χ0v) is 18.5. The lowest BCUT2D eigenvalue weighted by Gasteiger charge is -2.08. The molecule has 0 unspecified atom stereocenters. The Hall–Kier alpha value is -3.16. The standard InChI is InChI=1S/C24H20ClFN2O3S/c25-20-10-4-1-7-17(20)13-27-24(29)15-28-14-23(19-9-3-6-12-22(19)28)32(30,31)16-18-8-2-5-11-21(18)26/h1-12,14H,13,15-16H2,(H,27,29). The summed E-state index contributed by atoms with van der Waals surface area (Å²) in [5.41, 5.74) is 1.49. The molecule has 0 fully saturated rings. The molecular formula is C24H20ClFN2O3S. The quantitative estimate of drug-likeness (QED) is 0.425. The first-order valence-corrected chi connectivity index (χ1v) is 11.9. The van der Waals surface area contributed by atoms with Crippen LogP contribution in [0.5, 0.6) is 0 Å². The molecule has 0 radical (unpaired) electrons. The number of hydrogen-bond acceptors (Lipinski definition) is 3. The molecule has 8 heteroatoms. The van der Waals surface area contributed by atoms with Crippen molar-refractivity contribution in [2.45, 2.75) is 23.7 Å². The lowest BCUT2D eigenvalue weighted by Crippen LogP contribution is -2.27. The summed E-state index contributed by atoms with van der Waals surface area (Å²) in [7, 11) is -3.85. The molecule has 1 N–H and O–H groups in total. The maximum Gasteiger partial charge on any atom is 0.240 e. The van der Waals surface area contributed by atoms with Gasteiger partial charge in [-0.15, -0.1) is 0 Å². The molecule has 0 spiro atoms. The number of fused-ring (bicyclic) bond motifs is 1. The first-order chi connectivity index (χ1) is 15.3. The lowest BCUT2D eigenvalue weighted by molar-refractivity contribution is -0.121. The first kappa shape index (κ1) is 22.0. The minimum Gasteiger partial charge on any atom is -0.350 e. The zero-order chi connectivity index (χ0) is 22.7. The fourth-order valence-electron chi connectivity index (χ4n) is 3.54. The van der Waals surface area contributed by atoms with Crippen molar-refractivity contribution in [2.24, 2.45) is 0 Å². The predicted octanol–water partition coefficient (Wildman–Crippen LogP) is 4.72. The molecule has 5 nitrogen and oxygen atoms in total. The predicted molar refractivity (Wildman–Crippen MR) is 123 cm³/mol. The average molecular weight is 471 g/mol. The molecule has 0 saturated heterocycles. The van der Waals surface area contributed by atoms with Crippen LogP contribution in [0, 0.1) is 5.82 Å². The van der Waals surface area contributed by atoms with Crippen molar-refractivity contribution in [2.75, 3.05) is 0 Å². The van der Waals surface area contributed by atoms with E-state index < -0.39 is 21.4 Å². The number of benzene rings is 3. The Balaban J connectivity index is 1.59. The van der Waals surface area contributed by atoms with Crippen molar-refractivity contribution in [3.05, 3.63) is 101 Å². The van der Waals surface area contributed by atoms with E-state index in [9.17, 15) is 17.6 Å². The van der Waals surface area contributed by atoms with Crippen molar-refractivity contribution in [3.8, 4) is 0 Å². The molecule has 4 rings (SSSR count). The van der Waals surface area contributed by atoms with Crippen LogP contribution in [-0.4, -0.2) is 18.9 Å². The zero-order valence-electron chi connectivity index (χ0n) is 17.0. The van der Waals surface area contributed by atoms with E-state index in [1.807, 2.05) is 18.2 Å². The van der Waals surface area contributed by atoms with Crippen LogP contribution >= 0.6 is 11.6 Å². The second-order valence-corrected chi connectivity index (χ2v) is 9.72. The maximum absolute atomic E-state index is 14.0. The topological polar surface area (TPSA) is 68.2 Å². The number of rotatable bonds is 7. The summed E-state index contributed by atoms with van der Waals surface area (Å²) < 4.78 is 41.9. The normalized spacial score (nSPS) is 11.6. The summed E-state index contributed by atoms with van der Waals surface area (Å²) in [5.74, 6) is -1.32. The molecule has 164 valence electrons. The van der Waals surface area contributed by atoms with Gasteiger partial charge in [0.1, 0.15) is 12.4 Å². The van der Waals surface area contributed by atoms with Gasteiger partial charge >= 0.3 is 0 Å². The molecule has 0 saturated carbocycles. The van der Waals surface area contributed by atoms with Crippen LogP contribution in [0.15, 0.2) is 83.9 Å². The number of halogens is 2. The lowest BCUT2D eigenvalue weighted by atomic mass is 10.2. The second-order valence-electron chi connectivity index (χ2n) is 7.36. The smallest absolute Gasteiger partial charge is 0.240 e. The van der Waals surface area contributed by atoms with Crippen LogP contribution in [0.1, 0.15) is 11.1 Å².